The van der Waals surface area contributed by atoms with E-state index in [1.54, 1.807) is 54.6 Å². The first-order valence-electron chi connectivity index (χ1n) is 11.2. The normalized spacial score (nSPS) is 15.0. The summed E-state index contributed by atoms with van der Waals surface area (Å²) in [6.07, 6.45) is 1.67. The summed E-state index contributed by atoms with van der Waals surface area (Å²) >= 11 is 6.37. The van der Waals surface area contributed by atoms with E-state index in [1.165, 1.54) is 12.1 Å². The largest absolute Gasteiger partial charge is 0.508 e. The minimum Gasteiger partial charge on any atom is -0.508 e. The first-order chi connectivity index (χ1) is 17.8. The number of nitrogens with one attached hydrogen (secondary N) is 1. The minimum absolute atomic E-state index is 0.0409. The van der Waals surface area contributed by atoms with Crippen LogP contribution in [-0.2, 0) is 20.8 Å². The van der Waals surface area contributed by atoms with Crippen LogP contribution in [0.2, 0.25) is 0 Å². The van der Waals surface area contributed by atoms with E-state index in [0.29, 0.717) is 27.5 Å². The fraction of sp³-hybridized carbons (Fsp3) is 0.111. The number of thioether (sulfide) groups is 1. The summed E-state index contributed by atoms with van der Waals surface area (Å²) in [7, 11) is 0. The molecule has 1 atom stereocenters. The van der Waals surface area contributed by atoms with Gasteiger partial charge in [-0.15, -0.1) is 0 Å². The third-order valence-corrected chi connectivity index (χ3v) is 6.72. The van der Waals surface area contributed by atoms with Crippen LogP contribution in [0.4, 0.5) is 5.69 Å². The van der Waals surface area contributed by atoms with Gasteiger partial charge in [-0.05, 0) is 53.6 Å². The lowest BCUT2D eigenvalue weighted by molar-refractivity contribution is -0.145. The SMILES string of the molecule is O=C(COc1ccc(/C=C2/SC(=S)N([C@@H](Cc3ccc(O)cc3)C(=O)O)C2=O)cc1)Nc1ccccc1. The number of nitrogens with zero attached hydrogens (tertiary/aromatic N) is 1. The van der Waals surface area contributed by atoms with Crippen LogP contribution >= 0.6 is 24.0 Å². The number of carbonyl (C=O) groups excluding carboxylic acids is 2. The molecule has 1 heterocycles. The van der Waals surface area contributed by atoms with Gasteiger partial charge >= 0.3 is 5.97 Å². The number of benzene rings is 3. The predicted octanol–water partition coefficient (Wildman–Crippen LogP) is 4.31. The molecule has 0 bridgehead atoms. The van der Waals surface area contributed by atoms with Gasteiger partial charge in [0.15, 0.2) is 6.61 Å². The zero-order valence-corrected chi connectivity index (χ0v) is 21.0. The van der Waals surface area contributed by atoms with Crippen LogP contribution in [-0.4, -0.2) is 49.9 Å². The maximum atomic E-state index is 13.1. The van der Waals surface area contributed by atoms with Crippen LogP contribution in [0.5, 0.6) is 11.5 Å². The number of phenols is 1. The highest BCUT2D eigenvalue weighted by atomic mass is 32.2. The van der Waals surface area contributed by atoms with Gasteiger partial charge in [-0.25, -0.2) is 4.79 Å². The second kappa shape index (κ2) is 11.7. The second-order valence-corrected chi connectivity index (χ2v) is 9.72. The first-order valence-corrected chi connectivity index (χ1v) is 12.4. The van der Waals surface area contributed by atoms with Crippen molar-refractivity contribution < 1.29 is 29.3 Å². The molecule has 1 aliphatic rings. The van der Waals surface area contributed by atoms with Crippen molar-refractivity contribution >= 4 is 57.8 Å². The molecule has 188 valence electrons. The van der Waals surface area contributed by atoms with Gasteiger partial charge in [0, 0.05) is 12.1 Å². The zero-order chi connectivity index (χ0) is 26.4. The van der Waals surface area contributed by atoms with E-state index in [2.05, 4.69) is 5.32 Å². The Bertz CT molecular complexity index is 1340. The summed E-state index contributed by atoms with van der Waals surface area (Å²) in [5.41, 5.74) is 2.01. The molecule has 2 amide bonds. The Labute approximate surface area is 222 Å². The van der Waals surface area contributed by atoms with Crippen LogP contribution in [0, 0.1) is 0 Å². The summed E-state index contributed by atoms with van der Waals surface area (Å²) < 4.78 is 5.69. The molecule has 0 saturated carbocycles. The molecule has 4 rings (SSSR count). The maximum absolute atomic E-state index is 13.1. The molecule has 0 spiro atoms. The molecule has 10 heteroatoms. The zero-order valence-electron chi connectivity index (χ0n) is 19.4. The van der Waals surface area contributed by atoms with E-state index in [-0.39, 0.29) is 29.0 Å². The smallest absolute Gasteiger partial charge is 0.327 e. The predicted molar refractivity (Wildman–Crippen MR) is 145 cm³/mol. The molecule has 8 nitrogen and oxygen atoms in total. The average molecular weight is 535 g/mol. The van der Waals surface area contributed by atoms with E-state index in [4.69, 9.17) is 17.0 Å². The van der Waals surface area contributed by atoms with Gasteiger partial charge in [0.05, 0.1) is 4.91 Å². The van der Waals surface area contributed by atoms with Crippen LogP contribution in [0.15, 0.2) is 83.8 Å². The van der Waals surface area contributed by atoms with Gasteiger partial charge in [0.25, 0.3) is 11.8 Å². The molecule has 1 saturated heterocycles. The number of hydrogen-bond acceptors (Lipinski definition) is 7. The second-order valence-electron chi connectivity index (χ2n) is 8.05. The highest BCUT2D eigenvalue weighted by molar-refractivity contribution is 8.26. The Morgan fingerprint density at radius 3 is 2.35 bits per heavy atom. The molecular formula is C27H22N2O6S2. The Balaban J connectivity index is 1.39. The molecule has 0 aromatic heterocycles. The van der Waals surface area contributed by atoms with Crippen molar-refractivity contribution in [1.82, 2.24) is 4.90 Å². The lowest BCUT2D eigenvalue weighted by Crippen LogP contribution is -2.45. The van der Waals surface area contributed by atoms with Gasteiger partial charge in [0.1, 0.15) is 21.9 Å². The van der Waals surface area contributed by atoms with Crippen molar-refractivity contribution in [2.45, 2.75) is 12.5 Å². The Hall–Kier alpha value is -4.15. The number of para-hydroxylation sites is 1. The van der Waals surface area contributed by atoms with E-state index in [1.807, 2.05) is 18.2 Å². The summed E-state index contributed by atoms with van der Waals surface area (Å²) in [6, 6.07) is 20.8. The fourth-order valence-electron chi connectivity index (χ4n) is 3.57. The van der Waals surface area contributed by atoms with Crippen molar-refractivity contribution in [2.75, 3.05) is 11.9 Å². The summed E-state index contributed by atoms with van der Waals surface area (Å²) in [6.45, 7) is -0.162. The number of rotatable bonds is 9. The Kier molecular flexibility index (Phi) is 8.22. The highest BCUT2D eigenvalue weighted by Gasteiger charge is 2.40. The standard InChI is InChI=1S/C27H22N2O6S2/c30-20-10-6-17(7-11-20)14-22(26(33)34)29-25(32)23(37-27(29)36)15-18-8-12-21(13-9-18)35-16-24(31)28-19-4-2-1-3-5-19/h1-13,15,22,30H,14,16H2,(H,28,31)(H,33,34)/b23-15+/t22-/m0/s1. The summed E-state index contributed by atoms with van der Waals surface area (Å²) in [5, 5.41) is 22.0. The third kappa shape index (κ3) is 6.75. The number of phenolic OH excluding ortho intramolecular Hbond substituents is 1. The molecular weight excluding hydrogens is 512 g/mol. The molecule has 0 aliphatic carbocycles. The van der Waals surface area contributed by atoms with E-state index in [0.717, 1.165) is 16.7 Å². The number of aromatic hydroxyl groups is 1. The van der Waals surface area contributed by atoms with Gasteiger partial charge in [-0.1, -0.05) is 66.4 Å². The number of amides is 2. The van der Waals surface area contributed by atoms with E-state index >= 15 is 0 Å². The first kappa shape index (κ1) is 25.9. The van der Waals surface area contributed by atoms with Crippen molar-refractivity contribution in [3.63, 3.8) is 0 Å². The average Bonchev–Trinajstić information content (AvgIpc) is 3.16. The molecule has 0 radical (unpaired) electrons. The Morgan fingerprint density at radius 2 is 1.70 bits per heavy atom. The van der Waals surface area contributed by atoms with Crippen molar-refractivity contribution in [3.05, 3.63) is 94.9 Å². The minimum atomic E-state index is -1.18. The lowest BCUT2D eigenvalue weighted by Gasteiger charge is -2.23. The van der Waals surface area contributed by atoms with E-state index < -0.39 is 17.9 Å². The monoisotopic (exact) mass is 534 g/mol. The van der Waals surface area contributed by atoms with Crippen LogP contribution < -0.4 is 10.1 Å². The number of carboxylic acids is 1. The third-order valence-electron chi connectivity index (χ3n) is 5.39. The van der Waals surface area contributed by atoms with Crippen molar-refractivity contribution in [2.24, 2.45) is 0 Å². The molecule has 3 N–H and O–H groups in total. The van der Waals surface area contributed by atoms with Gasteiger partial charge in [0.2, 0.25) is 0 Å². The van der Waals surface area contributed by atoms with Crippen molar-refractivity contribution in [3.8, 4) is 11.5 Å². The Morgan fingerprint density at radius 1 is 1.03 bits per heavy atom. The van der Waals surface area contributed by atoms with E-state index in [9.17, 15) is 24.6 Å². The molecule has 3 aromatic rings. The molecule has 37 heavy (non-hydrogen) atoms. The molecule has 0 unspecified atom stereocenters. The number of ether oxygens (including phenoxy) is 1. The summed E-state index contributed by atoms with van der Waals surface area (Å²) in [4.78, 5) is 38.5. The quantitative estimate of drug-likeness (QED) is 0.275. The fourth-order valence-corrected chi connectivity index (χ4v) is 4.93. The number of aliphatic carboxylic acids is 1. The van der Waals surface area contributed by atoms with Gasteiger partial charge < -0.3 is 20.3 Å². The summed E-state index contributed by atoms with van der Waals surface area (Å²) in [5.74, 6) is -1.41. The number of hydrogen-bond donors (Lipinski definition) is 3. The van der Waals surface area contributed by atoms with Crippen LogP contribution in [0.3, 0.4) is 0 Å². The number of anilines is 1. The maximum Gasteiger partial charge on any atom is 0.327 e. The van der Waals surface area contributed by atoms with Crippen LogP contribution in [0.25, 0.3) is 6.08 Å². The highest BCUT2D eigenvalue weighted by Crippen LogP contribution is 2.35. The van der Waals surface area contributed by atoms with Crippen molar-refractivity contribution in [1.29, 1.82) is 0 Å². The number of carbonyl (C=O) groups is 3. The number of thiocarbonyl (C=S) groups is 1. The number of carboxylic acid groups (broad SMARTS) is 1. The van der Waals surface area contributed by atoms with Gasteiger partial charge in [-0.2, -0.15) is 0 Å². The molecule has 1 fully saturated rings. The van der Waals surface area contributed by atoms with Crippen LogP contribution in [0.1, 0.15) is 11.1 Å². The van der Waals surface area contributed by atoms with Gasteiger partial charge in [-0.3, -0.25) is 14.5 Å². The molecule has 1 aliphatic heterocycles. The lowest BCUT2D eigenvalue weighted by atomic mass is 10.0. The molecule has 3 aromatic carbocycles. The topological polar surface area (TPSA) is 116 Å².